The average Bonchev–Trinajstić information content (AvgIpc) is 2.19. The summed E-state index contributed by atoms with van der Waals surface area (Å²) in [6, 6.07) is 4.15. The van der Waals surface area contributed by atoms with Crippen molar-refractivity contribution >= 4 is 11.6 Å². The van der Waals surface area contributed by atoms with Gasteiger partial charge in [-0.3, -0.25) is 0 Å². The van der Waals surface area contributed by atoms with Crippen molar-refractivity contribution in [2.24, 2.45) is 0 Å². The zero-order valence-corrected chi connectivity index (χ0v) is 12.4. The molecule has 0 saturated heterocycles. The quantitative estimate of drug-likeness (QED) is 0.702. The van der Waals surface area contributed by atoms with E-state index >= 15 is 0 Å². The highest BCUT2D eigenvalue weighted by molar-refractivity contribution is 6.32. The maximum Gasteiger partial charge on any atom is 0.138 e. The van der Waals surface area contributed by atoms with Gasteiger partial charge in [0.1, 0.15) is 5.75 Å². The lowest BCUT2D eigenvalue weighted by atomic mass is 9.90. The molecule has 0 aliphatic rings. The van der Waals surface area contributed by atoms with Gasteiger partial charge in [-0.15, -0.1) is 0 Å². The first-order chi connectivity index (χ1) is 7.82. The lowest BCUT2D eigenvalue weighted by Crippen LogP contribution is -2.08. The lowest BCUT2D eigenvalue weighted by molar-refractivity contribution is 0.242. The van der Waals surface area contributed by atoms with E-state index in [2.05, 4.69) is 39.8 Å². The molecular formula is C15H23ClO. The van der Waals surface area contributed by atoms with Crippen LogP contribution in [-0.4, -0.2) is 6.10 Å². The Morgan fingerprint density at radius 3 is 1.76 bits per heavy atom. The van der Waals surface area contributed by atoms with Crippen LogP contribution >= 0.6 is 11.6 Å². The van der Waals surface area contributed by atoms with Crippen molar-refractivity contribution in [3.63, 3.8) is 0 Å². The number of hydrogen-bond acceptors (Lipinski definition) is 1. The van der Waals surface area contributed by atoms with Crippen LogP contribution in [0, 0.1) is 0 Å². The molecule has 0 bridgehead atoms. The highest BCUT2D eigenvalue weighted by atomic mass is 35.5. The van der Waals surface area contributed by atoms with Crippen LogP contribution in [0.1, 0.15) is 64.5 Å². The average molecular weight is 255 g/mol. The van der Waals surface area contributed by atoms with Gasteiger partial charge in [0.25, 0.3) is 0 Å². The molecule has 0 amide bonds. The molecule has 96 valence electrons. The molecular weight excluding hydrogens is 232 g/mol. The van der Waals surface area contributed by atoms with Crippen LogP contribution in [0.4, 0.5) is 0 Å². The van der Waals surface area contributed by atoms with Gasteiger partial charge in [-0.05, 0) is 48.9 Å². The Morgan fingerprint density at radius 1 is 0.882 bits per heavy atom. The number of hydrogen-bond donors (Lipinski definition) is 0. The molecule has 2 heteroatoms. The van der Waals surface area contributed by atoms with Gasteiger partial charge in [-0.1, -0.05) is 39.3 Å². The van der Waals surface area contributed by atoms with Crippen LogP contribution in [0.5, 0.6) is 5.75 Å². The first-order valence-corrected chi connectivity index (χ1v) is 6.70. The molecule has 1 nitrogen and oxygen atoms in total. The summed E-state index contributed by atoms with van der Waals surface area (Å²) in [4.78, 5) is 0. The van der Waals surface area contributed by atoms with Crippen molar-refractivity contribution in [3.05, 3.63) is 28.3 Å². The van der Waals surface area contributed by atoms with Gasteiger partial charge in [0.05, 0.1) is 11.1 Å². The van der Waals surface area contributed by atoms with E-state index in [9.17, 15) is 0 Å². The van der Waals surface area contributed by atoms with Crippen molar-refractivity contribution in [2.45, 2.75) is 59.5 Å². The monoisotopic (exact) mass is 254 g/mol. The highest BCUT2D eigenvalue weighted by Gasteiger charge is 2.15. The molecule has 0 spiro atoms. The fraction of sp³-hybridized carbons (Fsp3) is 0.600. The maximum absolute atomic E-state index is 6.27. The molecule has 0 unspecified atom stereocenters. The van der Waals surface area contributed by atoms with Crippen molar-refractivity contribution in [3.8, 4) is 5.75 Å². The van der Waals surface area contributed by atoms with E-state index in [1.807, 2.05) is 13.8 Å². The molecule has 0 saturated carbocycles. The minimum absolute atomic E-state index is 0.150. The fourth-order valence-corrected chi connectivity index (χ4v) is 2.15. The number of rotatable bonds is 4. The van der Waals surface area contributed by atoms with E-state index < -0.39 is 0 Å². The largest absolute Gasteiger partial charge is 0.489 e. The van der Waals surface area contributed by atoms with Crippen LogP contribution in [-0.2, 0) is 0 Å². The predicted molar refractivity (Wildman–Crippen MR) is 75.4 cm³/mol. The molecule has 0 fully saturated rings. The third-order valence-electron chi connectivity index (χ3n) is 2.74. The van der Waals surface area contributed by atoms with Crippen LogP contribution in [0.25, 0.3) is 0 Å². The normalized spacial score (nSPS) is 11.6. The summed E-state index contributed by atoms with van der Waals surface area (Å²) in [7, 11) is 0. The van der Waals surface area contributed by atoms with E-state index in [-0.39, 0.29) is 6.10 Å². The topological polar surface area (TPSA) is 9.23 Å². The smallest absolute Gasteiger partial charge is 0.138 e. The number of benzene rings is 1. The molecule has 0 aliphatic carbocycles. The third-order valence-corrected chi connectivity index (χ3v) is 3.04. The van der Waals surface area contributed by atoms with E-state index in [1.54, 1.807) is 0 Å². The zero-order valence-electron chi connectivity index (χ0n) is 11.7. The van der Waals surface area contributed by atoms with E-state index in [1.165, 1.54) is 11.1 Å². The van der Waals surface area contributed by atoms with Crippen molar-refractivity contribution in [1.29, 1.82) is 0 Å². The second-order valence-corrected chi connectivity index (χ2v) is 5.79. The predicted octanol–water partition coefficient (Wildman–Crippen LogP) is 5.37. The van der Waals surface area contributed by atoms with E-state index in [4.69, 9.17) is 16.3 Å². The number of halogens is 1. The van der Waals surface area contributed by atoms with Gasteiger partial charge in [0.15, 0.2) is 0 Å². The van der Waals surface area contributed by atoms with Gasteiger partial charge in [0.2, 0.25) is 0 Å². The molecule has 1 aromatic carbocycles. The first kappa shape index (κ1) is 14.4. The van der Waals surface area contributed by atoms with Crippen LogP contribution < -0.4 is 4.74 Å². The molecule has 0 aliphatic heterocycles. The van der Waals surface area contributed by atoms with Gasteiger partial charge in [-0.2, -0.15) is 0 Å². The Morgan fingerprint density at radius 2 is 1.35 bits per heavy atom. The molecule has 0 radical (unpaired) electrons. The Balaban J connectivity index is 3.24. The lowest BCUT2D eigenvalue weighted by Gasteiger charge is -2.20. The van der Waals surface area contributed by atoms with Gasteiger partial charge in [-0.25, -0.2) is 0 Å². The van der Waals surface area contributed by atoms with Crippen molar-refractivity contribution in [1.82, 2.24) is 0 Å². The van der Waals surface area contributed by atoms with Gasteiger partial charge in [0, 0.05) is 0 Å². The third kappa shape index (κ3) is 3.64. The zero-order chi connectivity index (χ0) is 13.2. The molecule has 0 heterocycles. The molecule has 0 aromatic heterocycles. The summed E-state index contributed by atoms with van der Waals surface area (Å²) in [5.41, 5.74) is 2.65. The molecule has 17 heavy (non-hydrogen) atoms. The van der Waals surface area contributed by atoms with E-state index in [0.717, 1.165) is 5.75 Å². The Bertz CT molecular complexity index is 381. The van der Waals surface area contributed by atoms with Crippen molar-refractivity contribution < 1.29 is 4.74 Å². The number of ether oxygens (including phenoxy) is 1. The second-order valence-electron chi connectivity index (χ2n) is 5.39. The van der Waals surface area contributed by atoms with Gasteiger partial charge >= 0.3 is 0 Å². The Labute approximate surface area is 110 Å². The maximum atomic E-state index is 6.27. The van der Waals surface area contributed by atoms with E-state index in [0.29, 0.717) is 16.9 Å². The van der Waals surface area contributed by atoms with Crippen molar-refractivity contribution in [2.75, 3.05) is 0 Å². The standard InChI is InChI=1S/C15H23ClO/c1-9(2)12-7-14(16)15(17-11(5)6)8-13(12)10(3)4/h7-11H,1-6H3. The summed E-state index contributed by atoms with van der Waals surface area (Å²) in [5.74, 6) is 1.77. The SMILES string of the molecule is CC(C)Oc1cc(C(C)C)c(C(C)C)cc1Cl. The summed E-state index contributed by atoms with van der Waals surface area (Å²) in [6.45, 7) is 12.8. The molecule has 0 N–H and O–H groups in total. The highest BCUT2D eigenvalue weighted by Crippen LogP contribution is 2.35. The molecule has 1 rings (SSSR count). The Hall–Kier alpha value is -0.690. The minimum atomic E-state index is 0.150. The minimum Gasteiger partial charge on any atom is -0.489 e. The second kappa shape index (κ2) is 5.77. The van der Waals surface area contributed by atoms with Gasteiger partial charge < -0.3 is 4.74 Å². The summed E-state index contributed by atoms with van der Waals surface area (Å²) in [5, 5.41) is 0.715. The van der Waals surface area contributed by atoms with Crippen LogP contribution in [0.15, 0.2) is 12.1 Å². The Kier molecular flexibility index (Phi) is 4.88. The van der Waals surface area contributed by atoms with Crippen LogP contribution in [0.3, 0.4) is 0 Å². The fourth-order valence-electron chi connectivity index (χ4n) is 1.93. The molecule has 0 atom stereocenters. The summed E-state index contributed by atoms with van der Waals surface area (Å²) >= 11 is 6.27. The first-order valence-electron chi connectivity index (χ1n) is 6.32. The molecule has 1 aromatic rings. The summed E-state index contributed by atoms with van der Waals surface area (Å²) < 4.78 is 5.74. The van der Waals surface area contributed by atoms with Crippen LogP contribution in [0.2, 0.25) is 5.02 Å². The summed E-state index contributed by atoms with van der Waals surface area (Å²) in [6.07, 6.45) is 0.150.